The fourth-order valence-electron chi connectivity index (χ4n) is 9.59. The van der Waals surface area contributed by atoms with E-state index >= 15 is 0 Å². The standard InChI is InChI=1S/C15H18.C10H12.C5H6.3CH5P/c1-2-10-11(3-1)13-7-12(10)14-8-4-5-9(6-8)15(13)14;1-2-9-7-4-5-8(6-7)10(9)3-1;1-2-4-5-3-1;3*1-2/h1-2,4-5,8-15H,3,6-7H2;1-2,4-5,7-10H,3,6H2;1-4H,5H2;3*2H2,1H3/i;;;2*1D2;. The van der Waals surface area contributed by atoms with E-state index in [9.17, 15) is 0 Å². The number of hydrogen-bond acceptors (Lipinski definition) is 0. The first-order chi connectivity index (χ1) is 19.3. The Morgan fingerprint density at radius 3 is 1.67 bits per heavy atom. The van der Waals surface area contributed by atoms with E-state index in [1.165, 1.54) is 25.7 Å². The van der Waals surface area contributed by atoms with Crippen LogP contribution in [0.15, 0.2) is 72.9 Å². The molecule has 15 unspecified atom stereocenters. The van der Waals surface area contributed by atoms with E-state index in [-0.39, 0.29) is 0 Å². The average Bonchev–Trinajstić information content (AvgIpc) is 3.80. The normalized spacial score (nSPS) is 47.6. The van der Waals surface area contributed by atoms with Gasteiger partial charge >= 0.3 is 0 Å². The smallest absolute Gasteiger partial charge is 0.0274 e. The van der Waals surface area contributed by atoms with Crippen LogP contribution in [0.25, 0.3) is 0 Å². The molecule has 0 amide bonds. The summed E-state index contributed by atoms with van der Waals surface area (Å²) in [5.74, 6) is 12.3. The first-order valence-corrected chi connectivity index (χ1v) is 16.6. The molecule has 0 aromatic heterocycles. The van der Waals surface area contributed by atoms with Crippen LogP contribution in [0.2, 0.25) is 0 Å². The molecule has 0 heterocycles. The third-order valence-electron chi connectivity index (χ3n) is 10.5. The highest BCUT2D eigenvalue weighted by molar-refractivity contribution is 7.15. The Hall–Kier alpha value is -0.270. The molecule has 6 bridgehead atoms. The minimum atomic E-state index is -0.750. The van der Waals surface area contributed by atoms with E-state index in [0.717, 1.165) is 77.4 Å². The van der Waals surface area contributed by atoms with Crippen molar-refractivity contribution in [1.82, 2.24) is 0 Å². The first kappa shape index (κ1) is 23.6. The molecule has 0 radical (unpaired) electrons. The van der Waals surface area contributed by atoms with Gasteiger partial charge in [0.25, 0.3) is 0 Å². The summed E-state index contributed by atoms with van der Waals surface area (Å²) in [5, 5.41) is 0. The highest BCUT2D eigenvalue weighted by Crippen LogP contribution is 2.70. The van der Waals surface area contributed by atoms with Gasteiger partial charge in [0.05, 0.1) is 0 Å². The zero-order valence-corrected chi connectivity index (χ0v) is 25.4. The molecule has 0 aliphatic heterocycles. The van der Waals surface area contributed by atoms with Gasteiger partial charge in [0.1, 0.15) is 0 Å². The maximum Gasteiger partial charge on any atom is 0.0274 e. The Labute approximate surface area is 235 Å². The Bertz CT molecular complexity index is 965. The molecular formula is C33H51P3. The quantitative estimate of drug-likeness (QED) is 0.163. The minimum absolute atomic E-state index is 0.750. The van der Waals surface area contributed by atoms with Gasteiger partial charge in [-0.15, -0.1) is 27.7 Å². The Balaban J connectivity index is 0.000000129. The number of hydrogen-bond donors (Lipinski definition) is 0. The van der Waals surface area contributed by atoms with Gasteiger partial charge in [0.15, 0.2) is 0 Å². The van der Waals surface area contributed by atoms with Gasteiger partial charge in [-0.25, -0.2) is 0 Å². The molecule has 0 N–H and O–H groups in total. The van der Waals surface area contributed by atoms with Crippen LogP contribution in [-0.2, 0) is 0 Å². The van der Waals surface area contributed by atoms with Crippen molar-refractivity contribution in [1.29, 1.82) is 0 Å². The molecule has 0 aromatic rings. The molecule has 0 aromatic carbocycles. The molecule has 0 saturated heterocycles. The third kappa shape index (κ3) is 5.28. The van der Waals surface area contributed by atoms with Crippen LogP contribution >= 0.6 is 27.7 Å². The summed E-state index contributed by atoms with van der Waals surface area (Å²) in [4.78, 5) is 0. The van der Waals surface area contributed by atoms with Crippen LogP contribution in [0.3, 0.4) is 0 Å². The lowest BCUT2D eigenvalue weighted by molar-refractivity contribution is 0.121. The molecule has 198 valence electrons. The summed E-state index contributed by atoms with van der Waals surface area (Å²) in [6.07, 6.45) is 36.7. The second-order valence-corrected chi connectivity index (χ2v) is 11.5. The van der Waals surface area contributed by atoms with Crippen LogP contribution in [0.5, 0.6) is 0 Å². The van der Waals surface area contributed by atoms with E-state index in [1.54, 1.807) is 6.42 Å². The van der Waals surface area contributed by atoms with Crippen molar-refractivity contribution in [2.45, 2.75) is 38.5 Å². The lowest BCUT2D eigenvalue weighted by atomic mass is 9.66. The minimum Gasteiger partial charge on any atom is -0.141 e. The van der Waals surface area contributed by atoms with Crippen LogP contribution < -0.4 is 0 Å². The highest BCUT2D eigenvalue weighted by atomic mass is 31.0. The van der Waals surface area contributed by atoms with Gasteiger partial charge in [0.2, 0.25) is 0 Å². The average molecular weight is 545 g/mol. The summed E-state index contributed by atoms with van der Waals surface area (Å²) >= 11 is 0. The zero-order valence-electron chi connectivity index (χ0n) is 26.0. The maximum absolute atomic E-state index is 6.21. The monoisotopic (exact) mass is 544 g/mol. The van der Waals surface area contributed by atoms with Gasteiger partial charge in [0, 0.05) is 5.48 Å². The molecule has 15 atom stereocenters. The van der Waals surface area contributed by atoms with E-state index in [2.05, 4.69) is 82.2 Å². The largest absolute Gasteiger partial charge is 0.141 e. The molecule has 9 aliphatic rings. The molecule has 4 fully saturated rings. The fourth-order valence-corrected chi connectivity index (χ4v) is 9.59. The van der Waals surface area contributed by atoms with Crippen molar-refractivity contribution in [3.05, 3.63) is 72.9 Å². The van der Waals surface area contributed by atoms with Crippen molar-refractivity contribution in [3.8, 4) is 0 Å². The van der Waals surface area contributed by atoms with Crippen LogP contribution in [0, 0.1) is 71.0 Å². The molecule has 36 heavy (non-hydrogen) atoms. The van der Waals surface area contributed by atoms with E-state index in [0.29, 0.717) is 0 Å². The molecule has 9 rings (SSSR count). The SMILES string of the molecule is C1=CC2C(C1)C1CC2C2C3C=CC(C3)C12.C1=CC2C3C=CC(C3)C2C1.C1=CCC=C1.CP.[2H]C([2H])P.[2H]C([2H])P. The predicted octanol–water partition coefficient (Wildman–Crippen LogP) is 8.63. The van der Waals surface area contributed by atoms with Gasteiger partial charge in [-0.05, 0) is 110 Å². The maximum atomic E-state index is 6.21. The van der Waals surface area contributed by atoms with Gasteiger partial charge < -0.3 is 0 Å². The Morgan fingerprint density at radius 2 is 1.06 bits per heavy atom. The zero-order chi connectivity index (χ0) is 28.8. The molecule has 0 spiro atoms. The van der Waals surface area contributed by atoms with Gasteiger partial charge in [-0.3, -0.25) is 0 Å². The summed E-state index contributed by atoms with van der Waals surface area (Å²) < 4.78 is 24.9. The van der Waals surface area contributed by atoms with E-state index in [4.69, 9.17) is 5.48 Å². The predicted molar refractivity (Wildman–Crippen MR) is 171 cm³/mol. The van der Waals surface area contributed by atoms with Gasteiger partial charge in [-0.1, -0.05) is 92.8 Å². The summed E-state index contributed by atoms with van der Waals surface area (Å²) in [7, 11) is 6.40. The molecule has 3 heteroatoms. The molecule has 4 saturated carbocycles. The summed E-state index contributed by atoms with van der Waals surface area (Å²) in [6, 6.07) is 0. The third-order valence-corrected chi connectivity index (χ3v) is 10.5. The number of allylic oxidation sites excluding steroid dienone is 12. The number of rotatable bonds is 0. The Morgan fingerprint density at radius 1 is 0.528 bits per heavy atom. The van der Waals surface area contributed by atoms with Crippen molar-refractivity contribution in [3.63, 3.8) is 0 Å². The fraction of sp³-hybridized carbons (Fsp3) is 0.636. The highest BCUT2D eigenvalue weighted by Gasteiger charge is 2.64. The van der Waals surface area contributed by atoms with E-state index in [1.807, 2.05) is 25.1 Å². The molecule has 9 aliphatic carbocycles. The van der Waals surface area contributed by atoms with Crippen molar-refractivity contribution in [2.75, 3.05) is 19.9 Å². The lowest BCUT2D eigenvalue weighted by Gasteiger charge is -2.38. The van der Waals surface area contributed by atoms with Crippen LogP contribution in [-0.4, -0.2) is 19.9 Å². The second-order valence-electron chi connectivity index (χ2n) is 11.5. The van der Waals surface area contributed by atoms with E-state index < -0.39 is 13.2 Å². The molecule has 0 nitrogen and oxygen atoms in total. The van der Waals surface area contributed by atoms with Crippen molar-refractivity contribution in [2.24, 2.45) is 71.0 Å². The summed E-state index contributed by atoms with van der Waals surface area (Å²) in [6.45, 7) is 0.417. The van der Waals surface area contributed by atoms with Crippen LogP contribution in [0.4, 0.5) is 0 Å². The molecular weight excluding hydrogens is 489 g/mol. The first-order valence-electron chi connectivity index (χ1n) is 16.5. The number of fused-ring (bicyclic) bond motifs is 17. The topological polar surface area (TPSA) is 0 Å². The summed E-state index contributed by atoms with van der Waals surface area (Å²) in [5.41, 5.74) is 0. The van der Waals surface area contributed by atoms with Crippen molar-refractivity contribution < 1.29 is 5.48 Å². The van der Waals surface area contributed by atoms with Crippen LogP contribution in [0.1, 0.15) is 44.0 Å². The second kappa shape index (κ2) is 13.7. The van der Waals surface area contributed by atoms with Gasteiger partial charge in [-0.2, -0.15) is 0 Å². The Kier molecular flexibility index (Phi) is 8.97. The lowest BCUT2D eigenvalue weighted by Crippen LogP contribution is -2.34. The van der Waals surface area contributed by atoms with Crippen molar-refractivity contribution >= 4 is 27.7 Å².